The number of nitrogens with one attached hydrogen (secondary N) is 3. The highest BCUT2D eigenvalue weighted by atomic mass is 16.5. The second-order valence-corrected chi connectivity index (χ2v) is 9.29. The van der Waals surface area contributed by atoms with Crippen molar-refractivity contribution in [3.05, 3.63) is 125 Å². The summed E-state index contributed by atoms with van der Waals surface area (Å²) < 4.78 is 5.83. The zero-order chi connectivity index (χ0) is 27.3. The average molecular weight is 526 g/mol. The summed E-state index contributed by atoms with van der Waals surface area (Å²) in [7, 11) is 0. The largest absolute Gasteiger partial charge is 0.489 e. The molecule has 4 aromatic rings. The zero-order valence-corrected chi connectivity index (χ0v) is 21.8. The SMILES string of the molecule is O=CNc1cccc(COc2ccc(C(O)CNCCc3ccc(NCC(O)c4ccccc4)cc3)cc2)c1. The molecule has 4 aromatic carbocycles. The molecule has 202 valence electrons. The van der Waals surface area contributed by atoms with E-state index in [2.05, 4.69) is 28.1 Å². The molecule has 0 aliphatic carbocycles. The van der Waals surface area contributed by atoms with Crippen LogP contribution < -0.4 is 20.7 Å². The lowest BCUT2D eigenvalue weighted by molar-refractivity contribution is -0.105. The third-order valence-electron chi connectivity index (χ3n) is 6.39. The van der Waals surface area contributed by atoms with Gasteiger partial charge in [-0.15, -0.1) is 0 Å². The molecule has 39 heavy (non-hydrogen) atoms. The Morgan fingerprint density at radius 2 is 1.44 bits per heavy atom. The predicted octanol–water partition coefficient (Wildman–Crippen LogP) is 4.85. The quantitative estimate of drug-likeness (QED) is 0.112. The summed E-state index contributed by atoms with van der Waals surface area (Å²) in [4.78, 5) is 10.6. The molecule has 5 N–H and O–H groups in total. The standard InChI is InChI=1S/C32H35N3O4/c36-23-35-29-8-4-5-25(19-29)22-39-30-15-11-27(12-16-30)31(37)20-33-18-17-24-9-13-28(14-10-24)34-21-32(38)26-6-2-1-3-7-26/h1-16,19,23,31-34,37-38H,17-18,20-22H2,(H,35,36). The normalized spacial score (nSPS) is 12.4. The predicted molar refractivity (Wildman–Crippen MR) is 155 cm³/mol. The van der Waals surface area contributed by atoms with Crippen molar-refractivity contribution >= 4 is 17.8 Å². The van der Waals surface area contributed by atoms with Gasteiger partial charge in [0.1, 0.15) is 12.4 Å². The molecule has 0 radical (unpaired) electrons. The van der Waals surface area contributed by atoms with Gasteiger partial charge in [0.15, 0.2) is 0 Å². The maximum atomic E-state index is 10.6. The minimum absolute atomic E-state index is 0.379. The lowest BCUT2D eigenvalue weighted by Gasteiger charge is -2.14. The molecule has 0 heterocycles. The van der Waals surface area contributed by atoms with E-state index < -0.39 is 12.2 Å². The van der Waals surface area contributed by atoms with Crippen LogP contribution in [-0.2, 0) is 17.8 Å². The highest BCUT2D eigenvalue weighted by molar-refractivity contribution is 5.71. The fourth-order valence-corrected chi connectivity index (χ4v) is 4.16. The topological polar surface area (TPSA) is 103 Å². The van der Waals surface area contributed by atoms with Crippen LogP contribution in [0.15, 0.2) is 103 Å². The molecule has 0 fully saturated rings. The number of carbonyl (C=O) groups is 1. The fourth-order valence-electron chi connectivity index (χ4n) is 4.16. The Morgan fingerprint density at radius 1 is 0.718 bits per heavy atom. The summed E-state index contributed by atoms with van der Waals surface area (Å²) in [5.41, 5.74) is 5.55. The smallest absolute Gasteiger partial charge is 0.211 e. The number of anilines is 2. The Hall–Kier alpha value is -4.17. The van der Waals surface area contributed by atoms with E-state index in [0.717, 1.165) is 41.0 Å². The second-order valence-electron chi connectivity index (χ2n) is 9.29. The zero-order valence-electron chi connectivity index (χ0n) is 21.8. The Morgan fingerprint density at radius 3 is 2.18 bits per heavy atom. The number of amides is 1. The summed E-state index contributed by atoms with van der Waals surface area (Å²) in [6.45, 7) is 2.03. The van der Waals surface area contributed by atoms with E-state index in [-0.39, 0.29) is 0 Å². The van der Waals surface area contributed by atoms with Crippen LogP contribution in [0.2, 0.25) is 0 Å². The molecule has 7 heteroatoms. The van der Waals surface area contributed by atoms with E-state index in [0.29, 0.717) is 31.9 Å². The van der Waals surface area contributed by atoms with Crippen molar-refractivity contribution in [3.63, 3.8) is 0 Å². The first-order chi connectivity index (χ1) is 19.1. The first-order valence-electron chi connectivity index (χ1n) is 13.1. The van der Waals surface area contributed by atoms with Crippen LogP contribution in [0.25, 0.3) is 0 Å². The van der Waals surface area contributed by atoms with Gasteiger partial charge >= 0.3 is 0 Å². The fraction of sp³-hybridized carbons (Fsp3) is 0.219. The van der Waals surface area contributed by atoms with E-state index in [4.69, 9.17) is 4.74 Å². The molecule has 0 saturated carbocycles. The van der Waals surface area contributed by atoms with Gasteiger partial charge in [0.2, 0.25) is 6.41 Å². The van der Waals surface area contributed by atoms with Crippen molar-refractivity contribution < 1.29 is 19.7 Å². The molecule has 1 amide bonds. The summed E-state index contributed by atoms with van der Waals surface area (Å²) in [6.07, 6.45) is 0.320. The number of hydrogen-bond donors (Lipinski definition) is 5. The summed E-state index contributed by atoms with van der Waals surface area (Å²) in [5, 5.41) is 30.1. The molecular weight excluding hydrogens is 490 g/mol. The molecule has 0 aliphatic heterocycles. The molecule has 0 bridgehead atoms. The Bertz CT molecular complexity index is 1280. The Balaban J connectivity index is 1.14. The second kappa shape index (κ2) is 14.7. The highest BCUT2D eigenvalue weighted by Gasteiger charge is 2.08. The summed E-state index contributed by atoms with van der Waals surface area (Å²) in [5.74, 6) is 0.708. The summed E-state index contributed by atoms with van der Waals surface area (Å²) in [6, 6.07) is 32.7. The number of aliphatic hydroxyl groups is 2. The number of carbonyl (C=O) groups excluding carboxylic acids is 1. The van der Waals surface area contributed by atoms with E-state index in [1.807, 2.05) is 91.0 Å². The maximum absolute atomic E-state index is 10.6. The van der Waals surface area contributed by atoms with Crippen LogP contribution >= 0.6 is 0 Å². The summed E-state index contributed by atoms with van der Waals surface area (Å²) >= 11 is 0. The van der Waals surface area contributed by atoms with Crippen LogP contribution in [0, 0.1) is 0 Å². The molecule has 2 atom stereocenters. The van der Waals surface area contributed by atoms with Crippen LogP contribution in [-0.4, -0.2) is 36.3 Å². The molecule has 0 saturated heterocycles. The van der Waals surface area contributed by atoms with Crippen molar-refractivity contribution in [3.8, 4) is 5.75 Å². The first-order valence-corrected chi connectivity index (χ1v) is 13.1. The molecule has 7 nitrogen and oxygen atoms in total. The van der Waals surface area contributed by atoms with Crippen LogP contribution in [0.4, 0.5) is 11.4 Å². The van der Waals surface area contributed by atoms with Gasteiger partial charge in [-0.2, -0.15) is 0 Å². The van der Waals surface area contributed by atoms with Crippen LogP contribution in [0.3, 0.4) is 0 Å². The van der Waals surface area contributed by atoms with E-state index >= 15 is 0 Å². The molecular formula is C32H35N3O4. The van der Waals surface area contributed by atoms with Crippen molar-refractivity contribution in [1.82, 2.24) is 5.32 Å². The monoisotopic (exact) mass is 525 g/mol. The first kappa shape index (κ1) is 27.9. The minimum atomic E-state index is -0.618. The van der Waals surface area contributed by atoms with E-state index in [1.54, 1.807) is 0 Å². The molecule has 0 spiro atoms. The van der Waals surface area contributed by atoms with Crippen molar-refractivity contribution in [2.24, 2.45) is 0 Å². The van der Waals surface area contributed by atoms with Crippen molar-refractivity contribution in [2.45, 2.75) is 25.2 Å². The van der Waals surface area contributed by atoms with E-state index in [9.17, 15) is 15.0 Å². The van der Waals surface area contributed by atoms with Gasteiger partial charge in [-0.3, -0.25) is 4.79 Å². The number of rotatable bonds is 15. The van der Waals surface area contributed by atoms with Gasteiger partial charge in [-0.1, -0.05) is 66.7 Å². The lowest BCUT2D eigenvalue weighted by Crippen LogP contribution is -2.23. The molecule has 2 unspecified atom stereocenters. The molecule has 4 rings (SSSR count). The van der Waals surface area contributed by atoms with Crippen molar-refractivity contribution in [1.29, 1.82) is 0 Å². The number of benzene rings is 4. The van der Waals surface area contributed by atoms with Gasteiger partial charge in [0.25, 0.3) is 0 Å². The van der Waals surface area contributed by atoms with Gasteiger partial charge in [0.05, 0.1) is 12.2 Å². The number of hydrogen-bond acceptors (Lipinski definition) is 6. The maximum Gasteiger partial charge on any atom is 0.211 e. The number of aliphatic hydroxyl groups excluding tert-OH is 2. The third kappa shape index (κ3) is 8.97. The van der Waals surface area contributed by atoms with Gasteiger partial charge in [-0.05, 0) is 71.6 Å². The average Bonchev–Trinajstić information content (AvgIpc) is 2.98. The molecule has 0 aromatic heterocycles. The van der Waals surface area contributed by atoms with Gasteiger partial charge in [-0.25, -0.2) is 0 Å². The van der Waals surface area contributed by atoms with Crippen LogP contribution in [0.5, 0.6) is 5.75 Å². The van der Waals surface area contributed by atoms with Gasteiger partial charge in [0, 0.05) is 24.5 Å². The Kier molecular flexibility index (Phi) is 10.5. The third-order valence-corrected chi connectivity index (χ3v) is 6.39. The lowest BCUT2D eigenvalue weighted by atomic mass is 10.1. The number of ether oxygens (including phenoxy) is 1. The highest BCUT2D eigenvalue weighted by Crippen LogP contribution is 2.20. The van der Waals surface area contributed by atoms with Crippen LogP contribution in [0.1, 0.15) is 34.5 Å². The minimum Gasteiger partial charge on any atom is -0.489 e. The van der Waals surface area contributed by atoms with Crippen molar-refractivity contribution in [2.75, 3.05) is 30.3 Å². The molecule has 0 aliphatic rings. The van der Waals surface area contributed by atoms with Gasteiger partial charge < -0.3 is 30.9 Å². The Labute approximate surface area is 229 Å². The van der Waals surface area contributed by atoms with E-state index in [1.165, 1.54) is 5.56 Å².